The monoisotopic (exact) mass is 199 g/mol. The molecule has 1 rings (SSSR count). The van der Waals surface area contributed by atoms with E-state index < -0.39 is 12.0 Å². The second-order valence-electron chi connectivity index (χ2n) is 3.98. The molecule has 2 atom stereocenters. The fourth-order valence-corrected chi connectivity index (χ4v) is 1.30. The van der Waals surface area contributed by atoms with Gasteiger partial charge in [0.25, 0.3) is 0 Å². The summed E-state index contributed by atoms with van der Waals surface area (Å²) in [4.78, 5) is 22.2. The van der Waals surface area contributed by atoms with Gasteiger partial charge in [0.15, 0.2) is 0 Å². The van der Waals surface area contributed by atoms with Crippen LogP contribution in [0.5, 0.6) is 0 Å². The first-order valence-corrected chi connectivity index (χ1v) is 5.09. The van der Waals surface area contributed by atoms with E-state index in [1.54, 1.807) is 0 Å². The second-order valence-corrected chi connectivity index (χ2v) is 3.98. The van der Waals surface area contributed by atoms with E-state index in [9.17, 15) is 9.59 Å². The Bertz CT molecular complexity index is 236. The quantitative estimate of drug-likeness (QED) is 0.694. The van der Waals surface area contributed by atoms with Crippen LogP contribution in [0.4, 0.5) is 0 Å². The molecular weight excluding hydrogens is 182 g/mol. The van der Waals surface area contributed by atoms with Gasteiger partial charge in [-0.15, -0.1) is 0 Å². The summed E-state index contributed by atoms with van der Waals surface area (Å²) in [6.45, 7) is 3.76. The number of carbonyl (C=O) groups excluding carboxylic acids is 1. The fraction of sp³-hybridized carbons (Fsp3) is 0.800. The maximum Gasteiger partial charge on any atom is 0.326 e. The summed E-state index contributed by atoms with van der Waals surface area (Å²) in [6, 6.07) is -0.729. The van der Waals surface area contributed by atoms with Crippen molar-refractivity contribution in [2.24, 2.45) is 11.8 Å². The molecule has 1 saturated carbocycles. The largest absolute Gasteiger partial charge is 0.480 e. The van der Waals surface area contributed by atoms with Gasteiger partial charge in [-0.2, -0.15) is 0 Å². The number of aliphatic carboxylic acids is 1. The first-order chi connectivity index (χ1) is 6.56. The van der Waals surface area contributed by atoms with Crippen LogP contribution in [0.15, 0.2) is 0 Å². The molecule has 0 aromatic rings. The average Bonchev–Trinajstić information content (AvgIpc) is 2.95. The summed E-state index contributed by atoms with van der Waals surface area (Å²) < 4.78 is 0. The van der Waals surface area contributed by atoms with Crippen LogP contribution in [0.2, 0.25) is 0 Å². The molecule has 1 amide bonds. The van der Waals surface area contributed by atoms with Gasteiger partial charge in [0.2, 0.25) is 5.91 Å². The van der Waals surface area contributed by atoms with Crippen molar-refractivity contribution in [3.8, 4) is 0 Å². The molecule has 0 radical (unpaired) electrons. The number of carbonyl (C=O) groups is 2. The molecule has 80 valence electrons. The smallest absolute Gasteiger partial charge is 0.326 e. The van der Waals surface area contributed by atoms with Crippen LogP contribution >= 0.6 is 0 Å². The maximum absolute atomic E-state index is 11.4. The topological polar surface area (TPSA) is 66.4 Å². The lowest BCUT2D eigenvalue weighted by Gasteiger charge is -2.19. The van der Waals surface area contributed by atoms with Gasteiger partial charge in [0.05, 0.1) is 0 Å². The molecule has 0 aliphatic heterocycles. The molecule has 0 spiro atoms. The van der Waals surface area contributed by atoms with Crippen molar-refractivity contribution < 1.29 is 14.7 Å². The molecule has 0 saturated heterocycles. The SMILES string of the molecule is CC[C@@H](C)[C@@H](NC(=O)C1CC1)C(=O)O. The van der Waals surface area contributed by atoms with Crippen molar-refractivity contribution in [2.45, 2.75) is 39.2 Å². The minimum absolute atomic E-state index is 0.0183. The molecule has 1 aliphatic rings. The van der Waals surface area contributed by atoms with E-state index in [4.69, 9.17) is 5.11 Å². The Hall–Kier alpha value is -1.06. The van der Waals surface area contributed by atoms with Crippen LogP contribution < -0.4 is 5.32 Å². The summed E-state index contributed by atoms with van der Waals surface area (Å²) in [7, 11) is 0. The predicted molar refractivity (Wildman–Crippen MR) is 51.7 cm³/mol. The van der Waals surface area contributed by atoms with Crippen LogP contribution in [0.1, 0.15) is 33.1 Å². The van der Waals surface area contributed by atoms with E-state index in [2.05, 4.69) is 5.32 Å². The third kappa shape index (κ3) is 2.72. The lowest BCUT2D eigenvalue weighted by molar-refractivity contribution is -0.143. The zero-order valence-corrected chi connectivity index (χ0v) is 8.62. The number of carboxylic acid groups (broad SMARTS) is 1. The molecule has 1 fully saturated rings. The summed E-state index contributed by atoms with van der Waals surface area (Å²) in [5.41, 5.74) is 0. The van der Waals surface area contributed by atoms with Gasteiger partial charge in [0, 0.05) is 5.92 Å². The zero-order valence-electron chi connectivity index (χ0n) is 8.62. The Balaban J connectivity index is 2.49. The Morgan fingerprint density at radius 2 is 2.07 bits per heavy atom. The van der Waals surface area contributed by atoms with Crippen molar-refractivity contribution >= 4 is 11.9 Å². The number of amides is 1. The lowest BCUT2D eigenvalue weighted by atomic mass is 9.99. The van der Waals surface area contributed by atoms with E-state index in [1.165, 1.54) is 0 Å². The van der Waals surface area contributed by atoms with Crippen molar-refractivity contribution in [1.82, 2.24) is 5.32 Å². The normalized spacial score (nSPS) is 19.9. The van der Waals surface area contributed by atoms with Gasteiger partial charge in [0.1, 0.15) is 6.04 Å². The third-order valence-corrected chi connectivity index (χ3v) is 2.72. The van der Waals surface area contributed by atoms with Crippen LogP contribution in [-0.2, 0) is 9.59 Å². The van der Waals surface area contributed by atoms with Crippen LogP contribution in [0, 0.1) is 11.8 Å². The number of hydrogen-bond donors (Lipinski definition) is 2. The number of rotatable bonds is 5. The highest BCUT2D eigenvalue weighted by Gasteiger charge is 2.33. The van der Waals surface area contributed by atoms with E-state index >= 15 is 0 Å². The molecule has 0 heterocycles. The van der Waals surface area contributed by atoms with Crippen LogP contribution in [-0.4, -0.2) is 23.0 Å². The number of nitrogens with one attached hydrogen (secondary N) is 1. The average molecular weight is 199 g/mol. The van der Waals surface area contributed by atoms with Crippen LogP contribution in [0.3, 0.4) is 0 Å². The molecule has 0 bridgehead atoms. The van der Waals surface area contributed by atoms with Gasteiger partial charge in [-0.25, -0.2) is 4.79 Å². The minimum atomic E-state index is -0.937. The van der Waals surface area contributed by atoms with Gasteiger partial charge in [-0.3, -0.25) is 4.79 Å². The zero-order chi connectivity index (χ0) is 10.7. The Morgan fingerprint density at radius 3 is 2.43 bits per heavy atom. The van der Waals surface area contributed by atoms with Gasteiger partial charge in [-0.1, -0.05) is 20.3 Å². The van der Waals surface area contributed by atoms with Crippen molar-refractivity contribution in [3.05, 3.63) is 0 Å². The summed E-state index contributed by atoms with van der Waals surface area (Å²) in [5.74, 6) is -0.984. The van der Waals surface area contributed by atoms with Crippen LogP contribution in [0.25, 0.3) is 0 Å². The highest BCUT2D eigenvalue weighted by atomic mass is 16.4. The standard InChI is InChI=1S/C10H17NO3/c1-3-6(2)8(10(13)14)11-9(12)7-4-5-7/h6-8H,3-5H2,1-2H3,(H,11,12)(H,13,14)/t6-,8-/m1/s1. The molecule has 4 nitrogen and oxygen atoms in total. The second kappa shape index (κ2) is 4.44. The van der Waals surface area contributed by atoms with Crippen molar-refractivity contribution in [1.29, 1.82) is 0 Å². The van der Waals surface area contributed by atoms with E-state index in [1.807, 2.05) is 13.8 Å². The molecule has 0 aromatic heterocycles. The third-order valence-electron chi connectivity index (χ3n) is 2.72. The highest BCUT2D eigenvalue weighted by Crippen LogP contribution is 2.29. The molecule has 0 unspecified atom stereocenters. The molecule has 1 aliphatic carbocycles. The Morgan fingerprint density at radius 1 is 1.50 bits per heavy atom. The maximum atomic E-state index is 11.4. The minimum Gasteiger partial charge on any atom is -0.480 e. The molecule has 0 aromatic carbocycles. The van der Waals surface area contributed by atoms with Crippen molar-refractivity contribution in [3.63, 3.8) is 0 Å². The lowest BCUT2D eigenvalue weighted by Crippen LogP contribution is -2.45. The fourth-order valence-electron chi connectivity index (χ4n) is 1.30. The number of carboxylic acids is 1. The Labute approximate surface area is 83.7 Å². The van der Waals surface area contributed by atoms with E-state index in [0.29, 0.717) is 0 Å². The Kier molecular flexibility index (Phi) is 3.49. The summed E-state index contributed by atoms with van der Waals surface area (Å²) >= 11 is 0. The van der Waals surface area contributed by atoms with Crippen molar-refractivity contribution in [2.75, 3.05) is 0 Å². The van der Waals surface area contributed by atoms with Gasteiger partial charge >= 0.3 is 5.97 Å². The first-order valence-electron chi connectivity index (χ1n) is 5.09. The molecular formula is C10H17NO3. The molecule has 14 heavy (non-hydrogen) atoms. The summed E-state index contributed by atoms with van der Waals surface area (Å²) in [6.07, 6.45) is 2.55. The highest BCUT2D eigenvalue weighted by molar-refractivity contribution is 5.86. The number of hydrogen-bond acceptors (Lipinski definition) is 2. The molecule has 2 N–H and O–H groups in total. The van der Waals surface area contributed by atoms with E-state index in [-0.39, 0.29) is 17.7 Å². The first kappa shape index (κ1) is 11.0. The van der Waals surface area contributed by atoms with Gasteiger partial charge in [-0.05, 0) is 18.8 Å². The summed E-state index contributed by atoms with van der Waals surface area (Å²) in [5, 5.41) is 11.5. The van der Waals surface area contributed by atoms with E-state index in [0.717, 1.165) is 19.3 Å². The molecule has 4 heteroatoms. The van der Waals surface area contributed by atoms with Gasteiger partial charge < -0.3 is 10.4 Å². The predicted octanol–water partition coefficient (Wildman–Crippen LogP) is 1.01.